The monoisotopic (exact) mass is 251 g/mol. The summed E-state index contributed by atoms with van der Waals surface area (Å²) in [4.78, 5) is 8.84. The minimum atomic E-state index is 0.103. The molecule has 1 aromatic heterocycles. The van der Waals surface area contributed by atoms with E-state index >= 15 is 0 Å². The summed E-state index contributed by atoms with van der Waals surface area (Å²) >= 11 is 1.86. The summed E-state index contributed by atoms with van der Waals surface area (Å²) in [5.74, 6) is 0. The van der Waals surface area contributed by atoms with Gasteiger partial charge in [0.1, 0.15) is 0 Å². The first-order valence-corrected chi connectivity index (χ1v) is 7.25. The van der Waals surface area contributed by atoms with E-state index in [0.717, 1.165) is 17.6 Å². The molecule has 0 amide bonds. The molecule has 1 saturated heterocycles. The molecule has 3 nitrogen and oxygen atoms in total. The molecular formula is C13H21N3S. The van der Waals surface area contributed by atoms with Gasteiger partial charge in [0.25, 0.3) is 0 Å². The van der Waals surface area contributed by atoms with Crippen molar-refractivity contribution in [3.63, 3.8) is 0 Å². The van der Waals surface area contributed by atoms with Crippen LogP contribution >= 0.6 is 11.3 Å². The molecule has 2 bridgehead atoms. The van der Waals surface area contributed by atoms with Crippen molar-refractivity contribution in [3.05, 3.63) is 10.6 Å². The lowest BCUT2D eigenvalue weighted by Gasteiger charge is -2.29. The Balaban J connectivity index is 1.90. The number of anilines is 1. The van der Waals surface area contributed by atoms with Crippen molar-refractivity contribution in [1.82, 2.24) is 9.88 Å². The lowest BCUT2D eigenvalue weighted by Crippen LogP contribution is -2.33. The van der Waals surface area contributed by atoms with Gasteiger partial charge < -0.3 is 5.32 Å². The van der Waals surface area contributed by atoms with Gasteiger partial charge in [-0.25, -0.2) is 4.98 Å². The summed E-state index contributed by atoms with van der Waals surface area (Å²) < 4.78 is 0. The number of likely N-dealkylation sites (N-methyl/N-ethyl adjacent to an activating group) is 1. The van der Waals surface area contributed by atoms with E-state index in [1.54, 1.807) is 0 Å². The van der Waals surface area contributed by atoms with E-state index in [2.05, 4.69) is 38.0 Å². The third-order valence-corrected chi connectivity index (χ3v) is 4.90. The van der Waals surface area contributed by atoms with Gasteiger partial charge in [-0.05, 0) is 40.7 Å². The van der Waals surface area contributed by atoms with Gasteiger partial charge in [0.15, 0.2) is 5.13 Å². The molecule has 2 atom stereocenters. The van der Waals surface area contributed by atoms with Gasteiger partial charge in [-0.3, -0.25) is 4.90 Å². The highest BCUT2D eigenvalue weighted by atomic mass is 32.1. The number of thiazole rings is 1. The van der Waals surface area contributed by atoms with Crippen molar-refractivity contribution in [2.45, 2.75) is 57.7 Å². The van der Waals surface area contributed by atoms with Gasteiger partial charge in [0.05, 0.1) is 5.69 Å². The molecule has 4 heteroatoms. The van der Waals surface area contributed by atoms with E-state index in [1.807, 2.05) is 11.3 Å². The van der Waals surface area contributed by atoms with Crippen molar-refractivity contribution in [3.8, 4) is 0 Å². The molecule has 0 radical (unpaired) electrons. The summed E-state index contributed by atoms with van der Waals surface area (Å²) in [6, 6.07) is 1.37. The molecule has 2 aliphatic heterocycles. The van der Waals surface area contributed by atoms with Crippen LogP contribution in [0.25, 0.3) is 0 Å². The highest BCUT2D eigenvalue weighted by Gasteiger charge is 2.39. The molecule has 17 heavy (non-hydrogen) atoms. The predicted molar refractivity (Wildman–Crippen MR) is 72.7 cm³/mol. The molecule has 2 unspecified atom stereocenters. The molecule has 1 aromatic rings. The van der Waals surface area contributed by atoms with E-state index < -0.39 is 0 Å². The number of rotatable bonds is 1. The van der Waals surface area contributed by atoms with Crippen LogP contribution in [0.4, 0.5) is 5.13 Å². The number of fused-ring (bicyclic) bond motifs is 4. The summed E-state index contributed by atoms with van der Waals surface area (Å²) in [5, 5.41) is 4.60. The average molecular weight is 251 g/mol. The first-order chi connectivity index (χ1) is 7.94. The molecule has 3 rings (SSSR count). The fourth-order valence-corrected chi connectivity index (χ4v) is 4.33. The van der Waals surface area contributed by atoms with E-state index in [4.69, 9.17) is 4.98 Å². The number of hydrogen-bond donors (Lipinski definition) is 1. The van der Waals surface area contributed by atoms with Gasteiger partial charge in [-0.15, -0.1) is 11.3 Å². The maximum atomic E-state index is 4.79. The molecular weight excluding hydrogens is 230 g/mol. The SMILES string of the molecule is CN1C2CCC1c1sc(NC(C)(C)C)nc1C2. The molecule has 0 saturated carbocycles. The summed E-state index contributed by atoms with van der Waals surface area (Å²) in [6.07, 6.45) is 3.79. The second-order valence-corrected chi connectivity index (χ2v) is 7.35. The largest absolute Gasteiger partial charge is 0.357 e. The van der Waals surface area contributed by atoms with Crippen LogP contribution in [0, 0.1) is 0 Å². The molecule has 0 spiro atoms. The number of nitrogens with one attached hydrogen (secondary N) is 1. The summed E-state index contributed by atoms with van der Waals surface area (Å²) in [7, 11) is 2.27. The Labute approximate surface area is 107 Å². The van der Waals surface area contributed by atoms with Gasteiger partial charge in [0, 0.05) is 28.9 Å². The van der Waals surface area contributed by atoms with Gasteiger partial charge in [-0.1, -0.05) is 0 Å². The van der Waals surface area contributed by atoms with Crippen molar-refractivity contribution in [2.75, 3.05) is 12.4 Å². The van der Waals surface area contributed by atoms with E-state index in [9.17, 15) is 0 Å². The quantitative estimate of drug-likeness (QED) is 0.831. The van der Waals surface area contributed by atoms with Gasteiger partial charge in [-0.2, -0.15) is 0 Å². The number of hydrogen-bond acceptors (Lipinski definition) is 4. The topological polar surface area (TPSA) is 28.2 Å². The maximum Gasteiger partial charge on any atom is 0.183 e. The minimum Gasteiger partial charge on any atom is -0.357 e. The summed E-state index contributed by atoms with van der Waals surface area (Å²) in [5.41, 5.74) is 1.46. The van der Waals surface area contributed by atoms with Crippen LogP contribution in [0.2, 0.25) is 0 Å². The van der Waals surface area contributed by atoms with Crippen LogP contribution in [0.15, 0.2) is 0 Å². The Morgan fingerprint density at radius 3 is 2.82 bits per heavy atom. The Kier molecular flexibility index (Phi) is 2.49. The Hall–Kier alpha value is -0.610. The second-order valence-electron chi connectivity index (χ2n) is 6.32. The number of aromatic nitrogens is 1. The van der Waals surface area contributed by atoms with Crippen LogP contribution in [-0.2, 0) is 6.42 Å². The molecule has 94 valence electrons. The third-order valence-electron chi connectivity index (χ3n) is 3.78. The van der Waals surface area contributed by atoms with Crippen LogP contribution in [0.3, 0.4) is 0 Å². The zero-order valence-corrected chi connectivity index (χ0v) is 11.9. The first kappa shape index (κ1) is 11.5. The number of nitrogens with zero attached hydrogens (tertiary/aromatic N) is 2. The smallest absolute Gasteiger partial charge is 0.183 e. The fourth-order valence-electron chi connectivity index (χ4n) is 2.94. The first-order valence-electron chi connectivity index (χ1n) is 6.44. The molecule has 3 heterocycles. The Morgan fingerprint density at radius 1 is 1.35 bits per heavy atom. The molecule has 1 fully saturated rings. The van der Waals surface area contributed by atoms with Crippen LogP contribution in [-0.4, -0.2) is 28.5 Å². The van der Waals surface area contributed by atoms with Crippen LogP contribution in [0.1, 0.15) is 50.2 Å². The second kappa shape index (κ2) is 3.69. The van der Waals surface area contributed by atoms with Gasteiger partial charge in [0.2, 0.25) is 0 Å². The van der Waals surface area contributed by atoms with E-state index in [1.165, 1.54) is 23.4 Å². The summed E-state index contributed by atoms with van der Waals surface area (Å²) in [6.45, 7) is 6.56. The maximum absolute atomic E-state index is 4.79. The predicted octanol–water partition coefficient (Wildman–Crippen LogP) is 3.04. The van der Waals surface area contributed by atoms with Crippen molar-refractivity contribution < 1.29 is 0 Å². The minimum absolute atomic E-state index is 0.103. The Bertz CT molecular complexity index is 432. The van der Waals surface area contributed by atoms with E-state index in [0.29, 0.717) is 6.04 Å². The van der Waals surface area contributed by atoms with Crippen molar-refractivity contribution in [2.24, 2.45) is 0 Å². The van der Waals surface area contributed by atoms with Crippen LogP contribution < -0.4 is 5.32 Å². The molecule has 1 N–H and O–H groups in total. The molecule has 0 aliphatic carbocycles. The third kappa shape index (κ3) is 1.97. The van der Waals surface area contributed by atoms with Crippen LogP contribution in [0.5, 0.6) is 0 Å². The highest BCUT2D eigenvalue weighted by Crippen LogP contribution is 2.46. The lowest BCUT2D eigenvalue weighted by atomic mass is 10.1. The fraction of sp³-hybridized carbons (Fsp3) is 0.769. The lowest BCUT2D eigenvalue weighted by molar-refractivity contribution is 0.226. The molecule has 0 aromatic carbocycles. The highest BCUT2D eigenvalue weighted by molar-refractivity contribution is 7.15. The average Bonchev–Trinajstić information content (AvgIpc) is 2.66. The Morgan fingerprint density at radius 2 is 2.12 bits per heavy atom. The zero-order valence-electron chi connectivity index (χ0n) is 11.1. The zero-order chi connectivity index (χ0) is 12.2. The van der Waals surface area contributed by atoms with Gasteiger partial charge >= 0.3 is 0 Å². The van der Waals surface area contributed by atoms with Crippen molar-refractivity contribution >= 4 is 16.5 Å². The normalized spacial score (nSPS) is 28.2. The molecule has 2 aliphatic rings. The van der Waals surface area contributed by atoms with E-state index in [-0.39, 0.29) is 5.54 Å². The van der Waals surface area contributed by atoms with Crippen molar-refractivity contribution in [1.29, 1.82) is 0 Å². The standard InChI is InChI=1S/C13H21N3S/c1-13(2,3)15-12-14-9-7-8-5-6-10(16(8)4)11(9)17-12/h8,10H,5-7H2,1-4H3,(H,14,15).